The zero-order valence-electron chi connectivity index (χ0n) is 21.7. The third-order valence-electron chi connectivity index (χ3n) is 7.46. The molecule has 0 spiro atoms. The van der Waals surface area contributed by atoms with E-state index in [0.717, 1.165) is 58.5 Å². The first-order valence-electron chi connectivity index (χ1n) is 13.2. The number of hydrogen-bond acceptors (Lipinski definition) is 4. The Hall–Kier alpha value is -3.38. The predicted octanol–water partition coefficient (Wildman–Crippen LogP) is 7.15. The molecule has 0 saturated heterocycles. The van der Waals surface area contributed by atoms with E-state index in [4.69, 9.17) is 9.72 Å². The van der Waals surface area contributed by atoms with Crippen LogP contribution in [-0.2, 0) is 13.0 Å². The molecule has 0 aliphatic heterocycles. The van der Waals surface area contributed by atoms with Crippen LogP contribution in [0.25, 0.3) is 22.0 Å². The van der Waals surface area contributed by atoms with Crippen molar-refractivity contribution >= 4 is 17.2 Å². The monoisotopic (exact) mass is 513 g/mol. The maximum atomic E-state index is 13.3. The van der Waals surface area contributed by atoms with Gasteiger partial charge in [0.1, 0.15) is 10.8 Å². The van der Waals surface area contributed by atoms with Crippen LogP contribution in [0.1, 0.15) is 53.7 Å². The van der Waals surface area contributed by atoms with Gasteiger partial charge in [0.25, 0.3) is 5.91 Å². The van der Waals surface area contributed by atoms with Crippen molar-refractivity contribution in [2.75, 3.05) is 13.7 Å². The van der Waals surface area contributed by atoms with Crippen molar-refractivity contribution < 1.29 is 9.53 Å². The lowest BCUT2D eigenvalue weighted by Gasteiger charge is -2.21. The fraction of sp³-hybridized carbons (Fsp3) is 0.355. The molecular formula is C31H35N3O2S. The van der Waals surface area contributed by atoms with Crippen molar-refractivity contribution in [2.45, 2.75) is 52.0 Å². The second-order valence-electron chi connectivity index (χ2n) is 9.90. The minimum Gasteiger partial charge on any atom is -0.497 e. The average Bonchev–Trinajstić information content (AvgIpc) is 3.57. The molecule has 1 aliphatic carbocycles. The summed E-state index contributed by atoms with van der Waals surface area (Å²) in [6, 6.07) is 20.5. The Balaban J connectivity index is 1.41. The summed E-state index contributed by atoms with van der Waals surface area (Å²) in [6.45, 7) is 3.58. The highest BCUT2D eigenvalue weighted by atomic mass is 32.1. The molecule has 6 heteroatoms. The summed E-state index contributed by atoms with van der Waals surface area (Å²) < 4.78 is 7.56. The number of nitrogens with one attached hydrogen (secondary N) is 1. The number of benzene rings is 2. The van der Waals surface area contributed by atoms with Crippen LogP contribution in [0, 0.1) is 12.8 Å². The summed E-state index contributed by atoms with van der Waals surface area (Å²) in [5.41, 5.74) is 5.97. The fourth-order valence-corrected chi connectivity index (χ4v) is 6.06. The van der Waals surface area contributed by atoms with Crippen LogP contribution in [-0.4, -0.2) is 29.1 Å². The first-order valence-corrected chi connectivity index (χ1v) is 14.1. The van der Waals surface area contributed by atoms with Crippen LogP contribution in [0.5, 0.6) is 5.75 Å². The Bertz CT molecular complexity index is 1320. The van der Waals surface area contributed by atoms with Crippen LogP contribution >= 0.6 is 11.3 Å². The second-order valence-corrected chi connectivity index (χ2v) is 10.8. The highest BCUT2D eigenvalue weighted by Crippen LogP contribution is 2.32. The Morgan fingerprint density at radius 2 is 1.84 bits per heavy atom. The number of carbonyl (C=O) groups is 1. The molecule has 0 bridgehead atoms. The van der Waals surface area contributed by atoms with Crippen molar-refractivity contribution in [1.82, 2.24) is 14.9 Å². The molecule has 1 aliphatic rings. The summed E-state index contributed by atoms with van der Waals surface area (Å²) in [5.74, 6) is 1.47. The minimum atomic E-state index is 0.0195. The number of methoxy groups -OCH3 is 1. The van der Waals surface area contributed by atoms with E-state index in [1.807, 2.05) is 36.4 Å². The summed E-state index contributed by atoms with van der Waals surface area (Å²) in [7, 11) is 1.68. The second kappa shape index (κ2) is 11.8. The molecule has 1 amide bonds. The SMILES string of the molecule is COc1ccc(CCn2c(-c3csc(-c4ccccc4)n3)cc(C(=O)NCC3CCCCC3)c2C)cc1. The lowest BCUT2D eigenvalue weighted by Crippen LogP contribution is -2.30. The molecule has 1 fully saturated rings. The van der Waals surface area contributed by atoms with Gasteiger partial charge in [-0.3, -0.25) is 4.79 Å². The normalized spacial score (nSPS) is 14.0. The van der Waals surface area contributed by atoms with Crippen LogP contribution in [0.15, 0.2) is 66.0 Å². The number of aryl methyl sites for hydroxylation is 1. The molecule has 4 aromatic rings. The molecule has 1 saturated carbocycles. The molecule has 1 N–H and O–H groups in total. The van der Waals surface area contributed by atoms with Crippen molar-refractivity contribution in [2.24, 2.45) is 5.92 Å². The number of ether oxygens (including phenoxy) is 1. The zero-order chi connectivity index (χ0) is 25.6. The first-order chi connectivity index (χ1) is 18.1. The molecule has 2 aromatic heterocycles. The van der Waals surface area contributed by atoms with Gasteiger partial charge in [-0.25, -0.2) is 4.98 Å². The Labute approximate surface area is 223 Å². The van der Waals surface area contributed by atoms with Crippen LogP contribution < -0.4 is 10.1 Å². The van der Waals surface area contributed by atoms with Crippen LogP contribution in [0.2, 0.25) is 0 Å². The van der Waals surface area contributed by atoms with Gasteiger partial charge in [0.05, 0.1) is 24.1 Å². The number of thiazole rings is 1. The van der Waals surface area contributed by atoms with Crippen LogP contribution in [0.3, 0.4) is 0 Å². The van der Waals surface area contributed by atoms with E-state index in [0.29, 0.717) is 5.92 Å². The predicted molar refractivity (Wildman–Crippen MR) is 151 cm³/mol. The van der Waals surface area contributed by atoms with Crippen molar-refractivity contribution in [3.8, 4) is 27.7 Å². The van der Waals surface area contributed by atoms with Gasteiger partial charge in [-0.2, -0.15) is 0 Å². The molecule has 2 aromatic carbocycles. The maximum absolute atomic E-state index is 13.3. The fourth-order valence-electron chi connectivity index (χ4n) is 5.24. The van der Waals surface area contributed by atoms with E-state index in [1.54, 1.807) is 18.4 Å². The van der Waals surface area contributed by atoms with Gasteiger partial charge in [0.15, 0.2) is 0 Å². The van der Waals surface area contributed by atoms with Crippen LogP contribution in [0.4, 0.5) is 0 Å². The molecule has 2 heterocycles. The van der Waals surface area contributed by atoms with Gasteiger partial charge in [-0.05, 0) is 55.9 Å². The summed E-state index contributed by atoms with van der Waals surface area (Å²) in [6.07, 6.45) is 7.16. The molecule has 5 rings (SSSR count). The summed E-state index contributed by atoms with van der Waals surface area (Å²) in [5, 5.41) is 6.32. The largest absolute Gasteiger partial charge is 0.497 e. The first kappa shape index (κ1) is 25.3. The van der Waals surface area contributed by atoms with E-state index in [1.165, 1.54) is 37.7 Å². The average molecular weight is 514 g/mol. The summed E-state index contributed by atoms with van der Waals surface area (Å²) >= 11 is 1.64. The standard InChI is InChI=1S/C31H35N3O2S/c1-22-27(30(35)32-20-24-9-5-3-6-10-24)19-29(28-21-37-31(33-28)25-11-7-4-8-12-25)34(22)18-17-23-13-15-26(36-2)16-14-23/h4,7-8,11-16,19,21,24H,3,5-6,9-10,17-18,20H2,1-2H3,(H,32,35). The van der Waals surface area contributed by atoms with Gasteiger partial charge in [0, 0.05) is 29.7 Å². The Kier molecular flexibility index (Phi) is 8.05. The lowest BCUT2D eigenvalue weighted by atomic mass is 9.89. The number of amides is 1. The quantitative estimate of drug-likeness (QED) is 0.259. The molecular weight excluding hydrogens is 478 g/mol. The van der Waals surface area contributed by atoms with Gasteiger partial charge < -0.3 is 14.6 Å². The maximum Gasteiger partial charge on any atom is 0.253 e. The Morgan fingerprint density at radius 3 is 2.57 bits per heavy atom. The third-order valence-corrected chi connectivity index (χ3v) is 8.35. The molecule has 0 radical (unpaired) electrons. The van der Waals surface area contributed by atoms with E-state index >= 15 is 0 Å². The van der Waals surface area contributed by atoms with Gasteiger partial charge in [-0.1, -0.05) is 61.7 Å². The number of carbonyl (C=O) groups excluding carboxylic acids is 1. The number of rotatable bonds is 9. The Morgan fingerprint density at radius 1 is 1.08 bits per heavy atom. The molecule has 192 valence electrons. The van der Waals surface area contributed by atoms with E-state index in [9.17, 15) is 4.79 Å². The number of aromatic nitrogens is 2. The third kappa shape index (κ3) is 5.96. The molecule has 5 nitrogen and oxygen atoms in total. The highest BCUT2D eigenvalue weighted by Gasteiger charge is 2.22. The van der Waals surface area contributed by atoms with Crippen molar-refractivity contribution in [1.29, 1.82) is 0 Å². The van der Waals surface area contributed by atoms with E-state index < -0.39 is 0 Å². The topological polar surface area (TPSA) is 56.2 Å². The number of nitrogens with zero attached hydrogens (tertiary/aromatic N) is 2. The molecule has 0 atom stereocenters. The van der Waals surface area contributed by atoms with Gasteiger partial charge in [-0.15, -0.1) is 11.3 Å². The molecule has 37 heavy (non-hydrogen) atoms. The van der Waals surface area contributed by atoms with Gasteiger partial charge in [0.2, 0.25) is 0 Å². The van der Waals surface area contributed by atoms with E-state index in [2.05, 4.69) is 46.5 Å². The number of hydrogen-bond donors (Lipinski definition) is 1. The highest BCUT2D eigenvalue weighted by molar-refractivity contribution is 7.13. The van der Waals surface area contributed by atoms with Crippen molar-refractivity contribution in [3.05, 3.63) is 82.9 Å². The molecule has 0 unspecified atom stereocenters. The lowest BCUT2D eigenvalue weighted by molar-refractivity contribution is 0.0943. The van der Waals surface area contributed by atoms with E-state index in [-0.39, 0.29) is 5.91 Å². The van der Waals surface area contributed by atoms with Gasteiger partial charge >= 0.3 is 0 Å². The smallest absolute Gasteiger partial charge is 0.253 e. The van der Waals surface area contributed by atoms with Crippen molar-refractivity contribution in [3.63, 3.8) is 0 Å². The summed E-state index contributed by atoms with van der Waals surface area (Å²) in [4.78, 5) is 18.3. The zero-order valence-corrected chi connectivity index (χ0v) is 22.5. The minimum absolute atomic E-state index is 0.0195.